The fourth-order valence-corrected chi connectivity index (χ4v) is 4.72. The van der Waals surface area contributed by atoms with Crippen LogP contribution in [0, 0.1) is 5.92 Å². The predicted molar refractivity (Wildman–Crippen MR) is 87.0 cm³/mol. The van der Waals surface area contributed by atoms with Crippen LogP contribution in [0.3, 0.4) is 0 Å². The van der Waals surface area contributed by atoms with Crippen molar-refractivity contribution in [2.24, 2.45) is 5.92 Å². The molecule has 2 nitrogen and oxygen atoms in total. The molecule has 0 aromatic heterocycles. The van der Waals surface area contributed by atoms with Gasteiger partial charge in [-0.05, 0) is 39.2 Å². The SMILES string of the molecule is CCO[SiH](CCC(C1=CC=CC1)C1=CC=CC1)OCC. The van der Waals surface area contributed by atoms with E-state index in [1.165, 1.54) is 0 Å². The second-order valence-corrected chi connectivity index (χ2v) is 7.32. The fourth-order valence-electron chi connectivity index (χ4n) is 2.94. The highest BCUT2D eigenvalue weighted by Gasteiger charge is 2.23. The summed E-state index contributed by atoms with van der Waals surface area (Å²) in [6.07, 6.45) is 16.9. The maximum atomic E-state index is 5.80. The molecule has 20 heavy (non-hydrogen) atoms. The lowest BCUT2D eigenvalue weighted by Gasteiger charge is -2.22. The van der Waals surface area contributed by atoms with E-state index in [9.17, 15) is 0 Å². The van der Waals surface area contributed by atoms with Gasteiger partial charge in [-0.2, -0.15) is 0 Å². The third kappa shape index (κ3) is 4.30. The zero-order valence-electron chi connectivity index (χ0n) is 12.7. The highest BCUT2D eigenvalue weighted by Crippen LogP contribution is 2.34. The van der Waals surface area contributed by atoms with Crippen molar-refractivity contribution in [3.05, 3.63) is 47.6 Å². The molecular weight excluding hydrogens is 264 g/mol. The van der Waals surface area contributed by atoms with E-state index in [1.807, 2.05) is 0 Å². The summed E-state index contributed by atoms with van der Waals surface area (Å²) in [6, 6.07) is 1.10. The van der Waals surface area contributed by atoms with Crippen molar-refractivity contribution in [2.45, 2.75) is 39.2 Å². The van der Waals surface area contributed by atoms with E-state index < -0.39 is 9.28 Å². The van der Waals surface area contributed by atoms with Crippen molar-refractivity contribution >= 4 is 9.28 Å². The van der Waals surface area contributed by atoms with E-state index in [1.54, 1.807) is 11.1 Å². The zero-order valence-corrected chi connectivity index (χ0v) is 13.8. The van der Waals surface area contributed by atoms with Crippen LogP contribution in [0.15, 0.2) is 47.6 Å². The second-order valence-electron chi connectivity index (χ2n) is 5.22. The molecule has 2 rings (SSSR count). The molecule has 0 saturated carbocycles. The molecule has 0 aromatic carbocycles. The summed E-state index contributed by atoms with van der Waals surface area (Å²) in [4.78, 5) is 0. The summed E-state index contributed by atoms with van der Waals surface area (Å²) >= 11 is 0. The monoisotopic (exact) mass is 290 g/mol. The molecule has 0 unspecified atom stereocenters. The van der Waals surface area contributed by atoms with Crippen LogP contribution in [0.2, 0.25) is 6.04 Å². The minimum atomic E-state index is -1.47. The summed E-state index contributed by atoms with van der Waals surface area (Å²) < 4.78 is 11.6. The normalized spacial score (nSPS) is 17.4. The van der Waals surface area contributed by atoms with Gasteiger partial charge in [0.1, 0.15) is 0 Å². The van der Waals surface area contributed by atoms with Crippen LogP contribution in [0.4, 0.5) is 0 Å². The smallest absolute Gasteiger partial charge is 0.321 e. The highest BCUT2D eigenvalue weighted by molar-refractivity contribution is 6.44. The molecule has 3 heteroatoms. The Bertz CT molecular complexity index is 385. The molecule has 2 aliphatic rings. The molecule has 0 bridgehead atoms. The van der Waals surface area contributed by atoms with Gasteiger partial charge < -0.3 is 8.85 Å². The first-order chi connectivity index (χ1) is 9.85. The van der Waals surface area contributed by atoms with Crippen LogP contribution >= 0.6 is 0 Å². The minimum absolute atomic E-state index is 0.580. The van der Waals surface area contributed by atoms with Gasteiger partial charge in [0.2, 0.25) is 0 Å². The molecule has 0 radical (unpaired) electrons. The largest absolute Gasteiger partial charge is 0.397 e. The van der Waals surface area contributed by atoms with Gasteiger partial charge >= 0.3 is 9.28 Å². The van der Waals surface area contributed by atoms with Gasteiger partial charge in [-0.25, -0.2) is 0 Å². The first-order valence-electron chi connectivity index (χ1n) is 7.79. The third-order valence-electron chi connectivity index (χ3n) is 3.89. The zero-order chi connectivity index (χ0) is 14.2. The first-order valence-corrected chi connectivity index (χ1v) is 9.55. The van der Waals surface area contributed by atoms with Gasteiger partial charge in [-0.15, -0.1) is 0 Å². The van der Waals surface area contributed by atoms with Crippen LogP contribution in [-0.2, 0) is 8.85 Å². The number of allylic oxidation sites excluding steroid dienone is 8. The van der Waals surface area contributed by atoms with Crippen LogP contribution in [0.1, 0.15) is 33.1 Å². The van der Waals surface area contributed by atoms with Gasteiger partial charge in [0, 0.05) is 19.1 Å². The summed E-state index contributed by atoms with van der Waals surface area (Å²) in [7, 11) is -1.47. The Kier molecular flexibility index (Phi) is 6.50. The van der Waals surface area contributed by atoms with E-state index in [4.69, 9.17) is 8.85 Å². The number of hydrogen-bond acceptors (Lipinski definition) is 2. The molecule has 0 N–H and O–H groups in total. The molecule has 0 aliphatic heterocycles. The van der Waals surface area contributed by atoms with E-state index in [2.05, 4.69) is 50.3 Å². The van der Waals surface area contributed by atoms with E-state index in [0.717, 1.165) is 38.5 Å². The molecule has 0 aromatic rings. The fraction of sp³-hybridized carbons (Fsp3) is 0.529. The maximum Gasteiger partial charge on any atom is 0.321 e. The standard InChI is InChI=1S/C17H26O2Si/c1-3-18-20(19-4-2)14-13-17(15-9-5-6-10-15)16-11-7-8-12-16/h5-9,11,17,20H,3-4,10,12-14H2,1-2H3. The van der Waals surface area contributed by atoms with Gasteiger partial charge in [0.15, 0.2) is 0 Å². The van der Waals surface area contributed by atoms with Crippen LogP contribution < -0.4 is 0 Å². The molecule has 0 atom stereocenters. The van der Waals surface area contributed by atoms with Crippen LogP contribution in [-0.4, -0.2) is 22.5 Å². The number of hydrogen-bond donors (Lipinski definition) is 0. The quantitative estimate of drug-likeness (QED) is 0.596. The van der Waals surface area contributed by atoms with Crippen LogP contribution in [0.25, 0.3) is 0 Å². The lowest BCUT2D eigenvalue weighted by atomic mass is 9.87. The van der Waals surface area contributed by atoms with Crippen molar-refractivity contribution in [3.8, 4) is 0 Å². The lowest BCUT2D eigenvalue weighted by molar-refractivity contribution is 0.212. The highest BCUT2D eigenvalue weighted by atomic mass is 28.3. The Morgan fingerprint density at radius 3 is 1.95 bits per heavy atom. The average Bonchev–Trinajstić information content (AvgIpc) is 3.13. The Labute approximate surface area is 124 Å². The van der Waals surface area contributed by atoms with Crippen molar-refractivity contribution in [2.75, 3.05) is 13.2 Å². The molecule has 0 fully saturated rings. The topological polar surface area (TPSA) is 18.5 Å². The lowest BCUT2D eigenvalue weighted by Crippen LogP contribution is -2.24. The van der Waals surface area contributed by atoms with E-state index >= 15 is 0 Å². The van der Waals surface area contributed by atoms with Gasteiger partial charge in [0.05, 0.1) is 0 Å². The summed E-state index contributed by atoms with van der Waals surface area (Å²) in [6.45, 7) is 5.67. The summed E-state index contributed by atoms with van der Waals surface area (Å²) in [5.41, 5.74) is 3.11. The van der Waals surface area contributed by atoms with Crippen molar-refractivity contribution < 1.29 is 8.85 Å². The molecule has 110 valence electrons. The van der Waals surface area contributed by atoms with Crippen LogP contribution in [0.5, 0.6) is 0 Å². The van der Waals surface area contributed by atoms with E-state index in [0.29, 0.717) is 5.92 Å². The van der Waals surface area contributed by atoms with Crippen molar-refractivity contribution in [1.82, 2.24) is 0 Å². The molecule has 0 spiro atoms. The Balaban J connectivity index is 1.93. The van der Waals surface area contributed by atoms with Crippen molar-refractivity contribution in [3.63, 3.8) is 0 Å². The van der Waals surface area contributed by atoms with Crippen molar-refractivity contribution in [1.29, 1.82) is 0 Å². The van der Waals surface area contributed by atoms with Gasteiger partial charge in [-0.1, -0.05) is 47.6 Å². The van der Waals surface area contributed by atoms with Gasteiger partial charge in [0.25, 0.3) is 0 Å². The summed E-state index contributed by atoms with van der Waals surface area (Å²) in [5, 5.41) is 0. The third-order valence-corrected chi connectivity index (χ3v) is 6.11. The Morgan fingerprint density at radius 2 is 1.55 bits per heavy atom. The second kappa shape index (κ2) is 8.40. The first kappa shape index (κ1) is 15.5. The average molecular weight is 290 g/mol. The molecule has 0 saturated heterocycles. The molecular formula is C17H26O2Si. The molecule has 0 heterocycles. The Morgan fingerprint density at radius 1 is 1.00 bits per heavy atom. The number of rotatable bonds is 9. The maximum absolute atomic E-state index is 5.80. The molecule has 2 aliphatic carbocycles. The van der Waals surface area contributed by atoms with Gasteiger partial charge in [-0.3, -0.25) is 0 Å². The predicted octanol–water partition coefficient (Wildman–Crippen LogP) is 4.06. The molecule has 0 amide bonds. The Hall–Kier alpha value is -0.903. The minimum Gasteiger partial charge on any atom is -0.397 e. The van der Waals surface area contributed by atoms with E-state index in [-0.39, 0.29) is 0 Å². The summed E-state index contributed by atoms with van der Waals surface area (Å²) in [5.74, 6) is 0.580.